The van der Waals surface area contributed by atoms with Gasteiger partial charge in [-0.05, 0) is 43.5 Å². The third-order valence-electron chi connectivity index (χ3n) is 2.33. The predicted octanol–water partition coefficient (Wildman–Crippen LogP) is 2.50. The van der Waals surface area contributed by atoms with Crippen LogP contribution in [-0.4, -0.2) is 12.6 Å². The van der Waals surface area contributed by atoms with Crippen molar-refractivity contribution >= 4 is 0 Å². The van der Waals surface area contributed by atoms with Gasteiger partial charge in [0.25, 0.3) is 0 Å². The molecule has 1 atom stereocenters. The summed E-state index contributed by atoms with van der Waals surface area (Å²) in [6.45, 7) is 4.51. The van der Waals surface area contributed by atoms with E-state index in [2.05, 4.69) is 0 Å². The molecule has 0 radical (unpaired) electrons. The number of benzene rings is 1. The molecular weight excluding hydrogens is 193 g/mol. The highest BCUT2D eigenvalue weighted by molar-refractivity contribution is 5.34. The van der Waals surface area contributed by atoms with Crippen molar-refractivity contribution in [3.63, 3.8) is 0 Å². The molecule has 0 aliphatic heterocycles. The molecule has 0 amide bonds. The Labute approximate surface area is 90.2 Å². The minimum atomic E-state index is -0.239. The van der Waals surface area contributed by atoms with E-state index >= 15 is 0 Å². The zero-order chi connectivity index (χ0) is 11.3. The lowest BCUT2D eigenvalue weighted by molar-refractivity contribution is 0.334. The summed E-state index contributed by atoms with van der Waals surface area (Å²) in [7, 11) is 0. The second-order valence-electron chi connectivity index (χ2n) is 3.56. The van der Waals surface area contributed by atoms with E-state index in [0.29, 0.717) is 13.0 Å². The Balaban J connectivity index is 2.86. The first-order valence-corrected chi connectivity index (χ1v) is 5.34. The molecule has 84 valence electrons. The molecule has 0 aliphatic carbocycles. The molecule has 0 heterocycles. The molecule has 0 fully saturated rings. The average Bonchev–Trinajstić information content (AvgIpc) is 2.22. The van der Waals surface area contributed by atoms with Crippen molar-refractivity contribution in [2.75, 3.05) is 6.61 Å². The Hall–Kier alpha value is -1.09. The van der Waals surface area contributed by atoms with Gasteiger partial charge in [-0.25, -0.2) is 4.39 Å². The van der Waals surface area contributed by atoms with Crippen LogP contribution in [0.3, 0.4) is 0 Å². The topological polar surface area (TPSA) is 35.2 Å². The Morgan fingerprint density at radius 2 is 2.13 bits per heavy atom. The smallest absolute Gasteiger partial charge is 0.123 e. The fourth-order valence-corrected chi connectivity index (χ4v) is 1.43. The lowest BCUT2D eigenvalue weighted by Gasteiger charge is -2.13. The van der Waals surface area contributed by atoms with E-state index in [1.54, 1.807) is 6.07 Å². The molecule has 0 bridgehead atoms. The Kier molecular flexibility index (Phi) is 4.56. The molecule has 2 N–H and O–H groups in total. The van der Waals surface area contributed by atoms with E-state index in [0.717, 1.165) is 17.7 Å². The van der Waals surface area contributed by atoms with Crippen LogP contribution < -0.4 is 10.5 Å². The maximum Gasteiger partial charge on any atom is 0.123 e. The molecule has 0 spiro atoms. The Morgan fingerprint density at radius 3 is 2.73 bits per heavy atom. The first-order valence-electron chi connectivity index (χ1n) is 5.34. The van der Waals surface area contributed by atoms with Crippen LogP contribution in [0.1, 0.15) is 25.8 Å². The summed E-state index contributed by atoms with van der Waals surface area (Å²) >= 11 is 0. The fraction of sp³-hybridized carbons (Fsp3) is 0.500. The first-order chi connectivity index (χ1) is 7.17. The zero-order valence-electron chi connectivity index (χ0n) is 9.29. The van der Waals surface area contributed by atoms with Gasteiger partial charge >= 0.3 is 0 Å². The van der Waals surface area contributed by atoms with Crippen molar-refractivity contribution in [2.24, 2.45) is 5.73 Å². The molecule has 3 heteroatoms. The lowest BCUT2D eigenvalue weighted by Crippen LogP contribution is -2.21. The van der Waals surface area contributed by atoms with Gasteiger partial charge in [0.1, 0.15) is 11.6 Å². The van der Waals surface area contributed by atoms with Gasteiger partial charge in [0.15, 0.2) is 0 Å². The van der Waals surface area contributed by atoms with Crippen molar-refractivity contribution < 1.29 is 9.13 Å². The van der Waals surface area contributed by atoms with Crippen LogP contribution in [0.2, 0.25) is 0 Å². The molecule has 0 saturated heterocycles. The summed E-state index contributed by atoms with van der Waals surface area (Å²) in [5.74, 6) is 0.500. The average molecular weight is 211 g/mol. The van der Waals surface area contributed by atoms with Crippen LogP contribution in [0.5, 0.6) is 5.75 Å². The summed E-state index contributed by atoms with van der Waals surface area (Å²) in [5, 5.41) is 0. The van der Waals surface area contributed by atoms with Gasteiger partial charge in [0, 0.05) is 6.04 Å². The van der Waals surface area contributed by atoms with Crippen LogP contribution in [0.15, 0.2) is 18.2 Å². The maximum atomic E-state index is 13.0. The number of halogens is 1. The molecule has 0 saturated carbocycles. The minimum absolute atomic E-state index is 0.0611. The molecule has 1 aromatic carbocycles. The monoisotopic (exact) mass is 211 g/mol. The molecular formula is C12H18FNO. The van der Waals surface area contributed by atoms with Crippen molar-refractivity contribution in [1.29, 1.82) is 0 Å². The van der Waals surface area contributed by atoms with Gasteiger partial charge in [-0.2, -0.15) is 0 Å². The number of rotatable bonds is 5. The van der Waals surface area contributed by atoms with Crippen molar-refractivity contribution in [1.82, 2.24) is 0 Å². The van der Waals surface area contributed by atoms with Gasteiger partial charge in [-0.1, -0.05) is 6.92 Å². The van der Waals surface area contributed by atoms with Crippen LogP contribution in [0.4, 0.5) is 4.39 Å². The maximum absolute atomic E-state index is 13.0. The summed E-state index contributed by atoms with van der Waals surface area (Å²) in [6.07, 6.45) is 1.53. The molecule has 2 nitrogen and oxygen atoms in total. The summed E-state index contributed by atoms with van der Waals surface area (Å²) < 4.78 is 18.5. The molecule has 0 aromatic heterocycles. The first kappa shape index (κ1) is 12.0. The third kappa shape index (κ3) is 3.51. The highest BCUT2D eigenvalue weighted by atomic mass is 19.1. The quantitative estimate of drug-likeness (QED) is 0.812. The molecule has 15 heavy (non-hydrogen) atoms. The van der Waals surface area contributed by atoms with E-state index in [-0.39, 0.29) is 11.9 Å². The fourth-order valence-electron chi connectivity index (χ4n) is 1.43. The van der Waals surface area contributed by atoms with Gasteiger partial charge in [0.05, 0.1) is 6.61 Å². The largest absolute Gasteiger partial charge is 0.494 e. The Bertz CT molecular complexity index is 314. The SMILES string of the molecule is CCOc1ccc(F)cc1CC(N)CC. The standard InChI is InChI=1S/C12H18FNO/c1-3-11(14)8-9-7-10(13)5-6-12(9)15-4-2/h5-7,11H,3-4,8,14H2,1-2H3. The number of hydrogen-bond acceptors (Lipinski definition) is 2. The second kappa shape index (κ2) is 5.71. The number of hydrogen-bond donors (Lipinski definition) is 1. The number of nitrogens with two attached hydrogens (primary N) is 1. The molecule has 1 unspecified atom stereocenters. The van der Waals surface area contributed by atoms with Gasteiger partial charge < -0.3 is 10.5 Å². The summed E-state index contributed by atoms with van der Waals surface area (Å²) in [6, 6.07) is 4.63. The van der Waals surface area contributed by atoms with Crippen LogP contribution in [-0.2, 0) is 6.42 Å². The molecule has 1 rings (SSSR count). The van der Waals surface area contributed by atoms with Crippen LogP contribution >= 0.6 is 0 Å². The van der Waals surface area contributed by atoms with E-state index in [1.807, 2.05) is 13.8 Å². The highest BCUT2D eigenvalue weighted by Crippen LogP contribution is 2.21. The van der Waals surface area contributed by atoms with Gasteiger partial charge in [-0.15, -0.1) is 0 Å². The molecule has 1 aromatic rings. The van der Waals surface area contributed by atoms with E-state index in [1.165, 1.54) is 12.1 Å². The van der Waals surface area contributed by atoms with Crippen LogP contribution in [0, 0.1) is 5.82 Å². The van der Waals surface area contributed by atoms with Crippen molar-refractivity contribution in [3.05, 3.63) is 29.6 Å². The highest BCUT2D eigenvalue weighted by Gasteiger charge is 2.08. The third-order valence-corrected chi connectivity index (χ3v) is 2.33. The zero-order valence-corrected chi connectivity index (χ0v) is 9.29. The summed E-state index contributed by atoms with van der Waals surface area (Å²) in [5.41, 5.74) is 6.70. The van der Waals surface area contributed by atoms with Crippen molar-refractivity contribution in [3.8, 4) is 5.75 Å². The minimum Gasteiger partial charge on any atom is -0.494 e. The van der Waals surface area contributed by atoms with E-state index < -0.39 is 0 Å². The Morgan fingerprint density at radius 1 is 1.40 bits per heavy atom. The lowest BCUT2D eigenvalue weighted by atomic mass is 10.0. The van der Waals surface area contributed by atoms with E-state index in [4.69, 9.17) is 10.5 Å². The second-order valence-corrected chi connectivity index (χ2v) is 3.56. The van der Waals surface area contributed by atoms with Crippen molar-refractivity contribution in [2.45, 2.75) is 32.7 Å². The van der Waals surface area contributed by atoms with Gasteiger partial charge in [0.2, 0.25) is 0 Å². The van der Waals surface area contributed by atoms with Crippen LogP contribution in [0.25, 0.3) is 0 Å². The molecule has 0 aliphatic rings. The number of ether oxygens (including phenoxy) is 1. The summed E-state index contributed by atoms with van der Waals surface area (Å²) in [4.78, 5) is 0. The normalized spacial score (nSPS) is 12.5. The van der Waals surface area contributed by atoms with Gasteiger partial charge in [-0.3, -0.25) is 0 Å². The van der Waals surface area contributed by atoms with E-state index in [9.17, 15) is 4.39 Å². The predicted molar refractivity (Wildman–Crippen MR) is 59.5 cm³/mol.